The minimum Gasteiger partial charge on any atom is -0.394 e. The molecule has 1 aromatic heterocycles. The number of ether oxygens (including phenoxy) is 1. The molecule has 1 aliphatic rings. The first kappa shape index (κ1) is 15.9. The molecule has 118 valence electrons. The van der Waals surface area contributed by atoms with E-state index in [2.05, 4.69) is 25.5 Å². The number of likely N-dealkylation sites (N-methyl/N-ethyl adjacent to an activating group) is 1. The van der Waals surface area contributed by atoms with E-state index in [1.165, 1.54) is 0 Å². The number of aliphatic hydroxyl groups excluding tert-OH is 1. The monoisotopic (exact) mass is 299 g/mol. The average Bonchev–Trinajstić information content (AvgIpc) is 2.50. The van der Waals surface area contributed by atoms with Gasteiger partial charge in [-0.1, -0.05) is 0 Å². The molecule has 2 heterocycles. The fraction of sp³-hybridized carbons (Fsp3) is 0.692. The van der Waals surface area contributed by atoms with E-state index >= 15 is 0 Å². The van der Waals surface area contributed by atoms with E-state index in [9.17, 15) is 9.50 Å². The van der Waals surface area contributed by atoms with Crippen LogP contribution in [0.5, 0.6) is 0 Å². The Kier molecular flexibility index (Phi) is 4.92. The molecule has 0 amide bonds. The molecule has 0 aliphatic carbocycles. The highest BCUT2D eigenvalue weighted by atomic mass is 19.1. The van der Waals surface area contributed by atoms with Gasteiger partial charge < -0.3 is 20.5 Å². The van der Waals surface area contributed by atoms with Crippen molar-refractivity contribution in [3.63, 3.8) is 0 Å². The van der Waals surface area contributed by atoms with Gasteiger partial charge >= 0.3 is 0 Å². The van der Waals surface area contributed by atoms with Crippen molar-refractivity contribution in [3.8, 4) is 0 Å². The minimum atomic E-state index is -0.546. The number of hydrogen-bond donors (Lipinski definition) is 3. The van der Waals surface area contributed by atoms with E-state index < -0.39 is 11.4 Å². The molecule has 0 saturated carbocycles. The third-order valence-corrected chi connectivity index (χ3v) is 3.99. The molecule has 2 atom stereocenters. The lowest BCUT2D eigenvalue weighted by Crippen LogP contribution is -2.64. The van der Waals surface area contributed by atoms with Crippen LogP contribution in [-0.4, -0.2) is 72.0 Å². The molecule has 1 aromatic rings. The van der Waals surface area contributed by atoms with Gasteiger partial charge in [0.1, 0.15) is 0 Å². The van der Waals surface area contributed by atoms with E-state index in [0.717, 1.165) is 6.20 Å². The topological polar surface area (TPSA) is 82.5 Å². The van der Waals surface area contributed by atoms with Gasteiger partial charge in [-0.15, -0.1) is 0 Å². The molecule has 1 fully saturated rings. The summed E-state index contributed by atoms with van der Waals surface area (Å²) in [5, 5.41) is 15.5. The summed E-state index contributed by atoms with van der Waals surface area (Å²) >= 11 is 0. The first-order valence-corrected chi connectivity index (χ1v) is 6.88. The zero-order chi connectivity index (χ0) is 15.5. The molecule has 21 heavy (non-hydrogen) atoms. The number of morpholine rings is 1. The van der Waals surface area contributed by atoms with E-state index in [-0.39, 0.29) is 18.5 Å². The smallest absolute Gasteiger partial charge is 0.224 e. The second-order valence-electron chi connectivity index (χ2n) is 5.35. The first-order chi connectivity index (χ1) is 10.0. The number of aliphatic hydroxyl groups is 1. The maximum atomic E-state index is 13.3. The highest BCUT2D eigenvalue weighted by Crippen LogP contribution is 2.23. The predicted molar refractivity (Wildman–Crippen MR) is 77.9 cm³/mol. The van der Waals surface area contributed by atoms with Crippen molar-refractivity contribution in [2.45, 2.75) is 18.5 Å². The van der Waals surface area contributed by atoms with Gasteiger partial charge in [0.05, 0.1) is 31.6 Å². The molecule has 7 nitrogen and oxygen atoms in total. The van der Waals surface area contributed by atoms with Crippen LogP contribution in [0.2, 0.25) is 0 Å². The average molecular weight is 299 g/mol. The van der Waals surface area contributed by atoms with Gasteiger partial charge in [0.2, 0.25) is 5.95 Å². The van der Waals surface area contributed by atoms with Crippen molar-refractivity contribution in [2.75, 3.05) is 51.1 Å². The van der Waals surface area contributed by atoms with Crippen LogP contribution >= 0.6 is 0 Å². The fourth-order valence-corrected chi connectivity index (χ4v) is 2.36. The Labute approximate surface area is 123 Å². The van der Waals surface area contributed by atoms with E-state index in [1.54, 1.807) is 7.05 Å². The number of nitrogens with one attached hydrogen (secondary N) is 2. The number of hydrogen-bond acceptors (Lipinski definition) is 7. The molecule has 1 saturated heterocycles. The van der Waals surface area contributed by atoms with Gasteiger partial charge in [0, 0.05) is 19.6 Å². The van der Waals surface area contributed by atoms with Crippen molar-refractivity contribution >= 4 is 11.8 Å². The molecule has 0 aromatic carbocycles. The van der Waals surface area contributed by atoms with Gasteiger partial charge in [-0.05, 0) is 14.0 Å². The van der Waals surface area contributed by atoms with Gasteiger partial charge in [-0.3, -0.25) is 4.90 Å². The number of rotatable bonds is 5. The summed E-state index contributed by atoms with van der Waals surface area (Å²) in [4.78, 5) is 10.0. The Morgan fingerprint density at radius 3 is 3.05 bits per heavy atom. The first-order valence-electron chi connectivity index (χ1n) is 6.88. The summed E-state index contributed by atoms with van der Waals surface area (Å²) in [7, 11) is 3.55. The zero-order valence-corrected chi connectivity index (χ0v) is 12.6. The zero-order valence-electron chi connectivity index (χ0n) is 12.6. The largest absolute Gasteiger partial charge is 0.394 e. The van der Waals surface area contributed by atoms with Crippen molar-refractivity contribution in [1.82, 2.24) is 14.9 Å². The molecule has 0 unspecified atom stereocenters. The maximum absolute atomic E-state index is 13.3. The number of nitrogens with zero attached hydrogens (tertiary/aromatic N) is 3. The van der Waals surface area contributed by atoms with Crippen molar-refractivity contribution in [1.29, 1.82) is 0 Å². The highest BCUT2D eigenvalue weighted by molar-refractivity contribution is 5.40. The van der Waals surface area contributed by atoms with Crippen LogP contribution in [0.1, 0.15) is 6.92 Å². The molecule has 0 radical (unpaired) electrons. The van der Waals surface area contributed by atoms with Gasteiger partial charge in [0.25, 0.3) is 0 Å². The predicted octanol–water partition coefficient (Wildman–Crippen LogP) is 0.151. The third kappa shape index (κ3) is 3.22. The lowest BCUT2D eigenvalue weighted by molar-refractivity contribution is -0.101. The van der Waals surface area contributed by atoms with E-state index in [1.807, 2.05) is 14.0 Å². The molecule has 2 rings (SSSR count). The Morgan fingerprint density at radius 1 is 1.62 bits per heavy atom. The Morgan fingerprint density at radius 2 is 2.38 bits per heavy atom. The van der Waals surface area contributed by atoms with Crippen molar-refractivity contribution < 1.29 is 14.2 Å². The molecule has 8 heteroatoms. The summed E-state index contributed by atoms with van der Waals surface area (Å²) in [6.07, 6.45) is 1.11. The number of anilines is 2. The number of halogens is 1. The quantitative estimate of drug-likeness (QED) is 0.714. The fourth-order valence-electron chi connectivity index (χ4n) is 2.36. The molecule has 0 bridgehead atoms. The van der Waals surface area contributed by atoms with Crippen molar-refractivity contribution in [2.24, 2.45) is 0 Å². The highest BCUT2D eigenvalue weighted by Gasteiger charge is 2.40. The standard InChI is InChI=1S/C13H22FN5O2/c1-9-5-21-8-13(7-20,19(9)3)6-17-12-16-4-10(14)11(15-2)18-12/h4,9,20H,5-8H2,1-3H3,(H2,15,16,17,18)/t9-,13+/m1/s1. The van der Waals surface area contributed by atoms with Gasteiger partial charge in [-0.2, -0.15) is 4.98 Å². The molecular formula is C13H22FN5O2. The van der Waals surface area contributed by atoms with Crippen LogP contribution in [0.15, 0.2) is 6.20 Å². The normalized spacial score (nSPS) is 26.6. The lowest BCUT2D eigenvalue weighted by Gasteiger charge is -2.47. The maximum Gasteiger partial charge on any atom is 0.224 e. The Balaban J connectivity index is 2.09. The van der Waals surface area contributed by atoms with Crippen LogP contribution in [0, 0.1) is 5.82 Å². The molecule has 0 spiro atoms. The Hall–Kier alpha value is -1.51. The summed E-state index contributed by atoms with van der Waals surface area (Å²) in [5.41, 5.74) is -0.546. The van der Waals surface area contributed by atoms with Crippen molar-refractivity contribution in [3.05, 3.63) is 12.0 Å². The van der Waals surface area contributed by atoms with Gasteiger partial charge in [-0.25, -0.2) is 9.37 Å². The van der Waals surface area contributed by atoms with Crippen LogP contribution in [-0.2, 0) is 4.74 Å². The second-order valence-corrected chi connectivity index (χ2v) is 5.35. The van der Waals surface area contributed by atoms with E-state index in [0.29, 0.717) is 25.7 Å². The minimum absolute atomic E-state index is 0.0546. The molecule has 3 N–H and O–H groups in total. The second kappa shape index (κ2) is 6.50. The molecular weight excluding hydrogens is 277 g/mol. The SMILES string of the molecule is CNc1nc(NC[C@]2(CO)COC[C@@H](C)N2C)ncc1F. The lowest BCUT2D eigenvalue weighted by atomic mass is 9.96. The van der Waals surface area contributed by atoms with E-state index in [4.69, 9.17) is 4.74 Å². The Bertz CT molecular complexity index is 490. The third-order valence-electron chi connectivity index (χ3n) is 3.99. The summed E-state index contributed by atoms with van der Waals surface area (Å²) < 4.78 is 18.9. The van der Waals surface area contributed by atoms with Crippen LogP contribution < -0.4 is 10.6 Å². The van der Waals surface area contributed by atoms with Crippen LogP contribution in [0.3, 0.4) is 0 Å². The van der Waals surface area contributed by atoms with Gasteiger partial charge in [0.15, 0.2) is 11.6 Å². The summed E-state index contributed by atoms with van der Waals surface area (Å²) in [5.74, 6) is -0.0703. The van der Waals surface area contributed by atoms with Crippen LogP contribution in [0.4, 0.5) is 16.2 Å². The summed E-state index contributed by atoms with van der Waals surface area (Å²) in [6, 6.07) is 0.203. The molecule has 1 aliphatic heterocycles. The summed E-state index contributed by atoms with van der Waals surface area (Å²) in [6.45, 7) is 3.43. The van der Waals surface area contributed by atoms with Crippen LogP contribution in [0.25, 0.3) is 0 Å². The number of aromatic nitrogens is 2.